The second-order valence-electron chi connectivity index (χ2n) is 4.15. The van der Waals surface area contributed by atoms with Crippen molar-refractivity contribution < 1.29 is 4.74 Å². The van der Waals surface area contributed by atoms with E-state index in [1.807, 2.05) is 6.92 Å². The van der Waals surface area contributed by atoms with Gasteiger partial charge in [-0.05, 0) is 32.4 Å². The number of ether oxygens (including phenoxy) is 1. The highest BCUT2D eigenvalue weighted by Crippen LogP contribution is 2.13. The minimum Gasteiger partial charge on any atom is -0.383 e. The molecule has 0 fully saturated rings. The molecule has 2 N–H and O–H groups in total. The van der Waals surface area contributed by atoms with E-state index in [1.165, 1.54) is 0 Å². The van der Waals surface area contributed by atoms with Crippen molar-refractivity contribution in [3.8, 4) is 6.07 Å². The Bertz CT molecular complexity index is 215. The minimum atomic E-state index is -0.638. The Morgan fingerprint density at radius 3 is 2.50 bits per heavy atom. The van der Waals surface area contributed by atoms with Crippen molar-refractivity contribution in [3.63, 3.8) is 0 Å². The van der Waals surface area contributed by atoms with Crippen LogP contribution in [0.4, 0.5) is 0 Å². The summed E-state index contributed by atoms with van der Waals surface area (Å²) in [5.74, 6) is 0. The number of methoxy groups -OCH3 is 1. The lowest BCUT2D eigenvalue weighted by Crippen LogP contribution is -2.38. The van der Waals surface area contributed by atoms with Crippen molar-refractivity contribution in [2.75, 3.05) is 33.4 Å². The first-order valence-electron chi connectivity index (χ1n) is 6.03. The molecule has 0 aliphatic carbocycles. The molecule has 0 aliphatic rings. The van der Waals surface area contributed by atoms with Crippen molar-refractivity contribution in [3.05, 3.63) is 0 Å². The van der Waals surface area contributed by atoms with Gasteiger partial charge < -0.3 is 15.4 Å². The summed E-state index contributed by atoms with van der Waals surface area (Å²) in [7, 11) is 1.71. The van der Waals surface area contributed by atoms with Gasteiger partial charge in [-0.2, -0.15) is 5.26 Å². The predicted molar refractivity (Wildman–Crippen MR) is 66.0 cm³/mol. The molecule has 0 aliphatic heterocycles. The lowest BCUT2D eigenvalue weighted by Gasteiger charge is -2.23. The molecule has 0 aromatic rings. The summed E-state index contributed by atoms with van der Waals surface area (Å²) in [5, 5.41) is 8.94. The lowest BCUT2D eigenvalue weighted by atomic mass is 9.93. The Labute approximate surface area is 99.4 Å². The van der Waals surface area contributed by atoms with Crippen LogP contribution in [0.2, 0.25) is 0 Å². The molecular formula is C12H25N3O. The molecule has 0 heterocycles. The normalized spacial score (nSPS) is 14.8. The van der Waals surface area contributed by atoms with Crippen molar-refractivity contribution in [1.29, 1.82) is 5.26 Å². The van der Waals surface area contributed by atoms with E-state index in [1.54, 1.807) is 7.11 Å². The predicted octanol–water partition coefficient (Wildman–Crippen LogP) is 1.37. The number of rotatable bonds is 9. The molecule has 4 heteroatoms. The molecule has 16 heavy (non-hydrogen) atoms. The van der Waals surface area contributed by atoms with Crippen LogP contribution in [0.15, 0.2) is 0 Å². The van der Waals surface area contributed by atoms with E-state index >= 15 is 0 Å². The zero-order valence-electron chi connectivity index (χ0n) is 10.8. The summed E-state index contributed by atoms with van der Waals surface area (Å²) in [6, 6.07) is 2.20. The van der Waals surface area contributed by atoms with Crippen LogP contribution in [-0.2, 0) is 4.74 Å². The number of nitriles is 1. The molecule has 0 bridgehead atoms. The van der Waals surface area contributed by atoms with Crippen LogP contribution in [0.3, 0.4) is 0 Å². The molecular weight excluding hydrogens is 202 g/mol. The first-order valence-corrected chi connectivity index (χ1v) is 6.03. The quantitative estimate of drug-likeness (QED) is 0.646. The molecule has 0 aromatic carbocycles. The minimum absolute atomic E-state index is 0.638. The SMILES string of the molecule is CCN(CCCC(N)(C#N)CC)CCOC. The van der Waals surface area contributed by atoms with Gasteiger partial charge in [0.1, 0.15) is 5.54 Å². The molecule has 0 saturated carbocycles. The average Bonchev–Trinajstić information content (AvgIpc) is 2.33. The van der Waals surface area contributed by atoms with E-state index in [9.17, 15) is 0 Å². The number of hydrogen-bond acceptors (Lipinski definition) is 4. The molecule has 0 spiro atoms. The fourth-order valence-electron chi connectivity index (χ4n) is 1.58. The molecule has 1 atom stereocenters. The highest BCUT2D eigenvalue weighted by Gasteiger charge is 2.21. The fourth-order valence-corrected chi connectivity index (χ4v) is 1.58. The Morgan fingerprint density at radius 1 is 1.38 bits per heavy atom. The third-order valence-corrected chi connectivity index (χ3v) is 3.01. The molecule has 0 amide bonds. The summed E-state index contributed by atoms with van der Waals surface area (Å²) >= 11 is 0. The lowest BCUT2D eigenvalue weighted by molar-refractivity contribution is 0.148. The zero-order valence-corrected chi connectivity index (χ0v) is 10.8. The highest BCUT2D eigenvalue weighted by atomic mass is 16.5. The van der Waals surface area contributed by atoms with Gasteiger partial charge in [-0.25, -0.2) is 0 Å². The van der Waals surface area contributed by atoms with Gasteiger partial charge in [-0.1, -0.05) is 13.8 Å². The van der Waals surface area contributed by atoms with Crippen LogP contribution in [-0.4, -0.2) is 43.8 Å². The second kappa shape index (κ2) is 8.51. The molecule has 0 radical (unpaired) electrons. The van der Waals surface area contributed by atoms with Crippen molar-refractivity contribution in [2.24, 2.45) is 5.73 Å². The first kappa shape index (κ1) is 15.4. The van der Waals surface area contributed by atoms with Gasteiger partial charge in [0.2, 0.25) is 0 Å². The van der Waals surface area contributed by atoms with Gasteiger partial charge in [-0.3, -0.25) is 0 Å². The van der Waals surface area contributed by atoms with Crippen LogP contribution < -0.4 is 5.73 Å². The number of hydrogen-bond donors (Lipinski definition) is 1. The van der Waals surface area contributed by atoms with Crippen LogP contribution in [0.5, 0.6) is 0 Å². The summed E-state index contributed by atoms with van der Waals surface area (Å²) in [4.78, 5) is 2.32. The largest absolute Gasteiger partial charge is 0.383 e. The Kier molecular flexibility index (Phi) is 8.18. The third-order valence-electron chi connectivity index (χ3n) is 3.01. The smallest absolute Gasteiger partial charge is 0.104 e. The van der Waals surface area contributed by atoms with Gasteiger partial charge >= 0.3 is 0 Å². The summed E-state index contributed by atoms with van der Waals surface area (Å²) in [5.41, 5.74) is 5.28. The summed E-state index contributed by atoms with van der Waals surface area (Å²) in [6.07, 6.45) is 2.45. The van der Waals surface area contributed by atoms with Crippen LogP contribution >= 0.6 is 0 Å². The molecule has 0 rings (SSSR count). The van der Waals surface area contributed by atoms with E-state index in [4.69, 9.17) is 15.7 Å². The zero-order chi connectivity index (χ0) is 12.4. The van der Waals surface area contributed by atoms with Crippen LogP contribution in [0.1, 0.15) is 33.1 Å². The molecule has 94 valence electrons. The van der Waals surface area contributed by atoms with Crippen molar-refractivity contribution in [2.45, 2.75) is 38.6 Å². The molecule has 0 aromatic heterocycles. The van der Waals surface area contributed by atoms with Gasteiger partial charge in [-0.15, -0.1) is 0 Å². The second-order valence-corrected chi connectivity index (χ2v) is 4.15. The summed E-state index contributed by atoms with van der Waals surface area (Å²) < 4.78 is 5.05. The first-order chi connectivity index (χ1) is 7.61. The summed E-state index contributed by atoms with van der Waals surface area (Å²) in [6.45, 7) is 7.80. The Balaban J connectivity index is 3.82. The van der Waals surface area contributed by atoms with Gasteiger partial charge in [0, 0.05) is 13.7 Å². The van der Waals surface area contributed by atoms with E-state index < -0.39 is 5.54 Å². The van der Waals surface area contributed by atoms with E-state index in [-0.39, 0.29) is 0 Å². The molecule has 4 nitrogen and oxygen atoms in total. The maximum atomic E-state index is 8.94. The van der Waals surface area contributed by atoms with Gasteiger partial charge in [0.05, 0.1) is 12.7 Å². The van der Waals surface area contributed by atoms with E-state index in [2.05, 4.69) is 17.9 Å². The average molecular weight is 227 g/mol. The number of nitrogens with two attached hydrogens (primary N) is 1. The maximum Gasteiger partial charge on any atom is 0.104 e. The van der Waals surface area contributed by atoms with Crippen molar-refractivity contribution >= 4 is 0 Å². The highest BCUT2D eigenvalue weighted by molar-refractivity contribution is 5.03. The Morgan fingerprint density at radius 2 is 2.06 bits per heavy atom. The topological polar surface area (TPSA) is 62.3 Å². The maximum absolute atomic E-state index is 8.94. The number of nitrogens with zero attached hydrogens (tertiary/aromatic N) is 2. The van der Waals surface area contributed by atoms with Crippen LogP contribution in [0.25, 0.3) is 0 Å². The monoisotopic (exact) mass is 227 g/mol. The molecule has 0 saturated heterocycles. The number of likely N-dealkylation sites (N-methyl/N-ethyl adjacent to an activating group) is 1. The van der Waals surface area contributed by atoms with E-state index in [0.29, 0.717) is 6.42 Å². The Hall–Kier alpha value is -0.630. The van der Waals surface area contributed by atoms with Gasteiger partial charge in [0.15, 0.2) is 0 Å². The van der Waals surface area contributed by atoms with Gasteiger partial charge in [0.25, 0.3) is 0 Å². The fraction of sp³-hybridized carbons (Fsp3) is 0.917. The standard InChI is InChI=1S/C12H25N3O/c1-4-12(14,11-13)7-6-8-15(5-2)9-10-16-3/h4-10,14H2,1-3H3. The van der Waals surface area contributed by atoms with Crippen LogP contribution in [0, 0.1) is 11.3 Å². The molecule has 1 unspecified atom stereocenters. The van der Waals surface area contributed by atoms with Crippen molar-refractivity contribution in [1.82, 2.24) is 4.90 Å². The van der Waals surface area contributed by atoms with E-state index in [0.717, 1.165) is 39.1 Å². The third kappa shape index (κ3) is 6.06.